The van der Waals surface area contributed by atoms with E-state index < -0.39 is 9.84 Å². The molecule has 0 saturated carbocycles. The van der Waals surface area contributed by atoms with Gasteiger partial charge in [0.25, 0.3) is 0 Å². The van der Waals surface area contributed by atoms with E-state index in [1.807, 2.05) is 37.3 Å². The van der Waals surface area contributed by atoms with Gasteiger partial charge in [0.1, 0.15) is 11.8 Å². The van der Waals surface area contributed by atoms with Gasteiger partial charge in [-0.25, -0.2) is 8.42 Å². The number of hydrogen-bond donors (Lipinski definition) is 1. The number of rotatable bonds is 6. The van der Waals surface area contributed by atoms with Gasteiger partial charge in [-0.3, -0.25) is 0 Å². The van der Waals surface area contributed by atoms with Crippen molar-refractivity contribution in [2.75, 3.05) is 18.9 Å². The first-order chi connectivity index (χ1) is 10.0. The number of sulfone groups is 1. The molecule has 2 atom stereocenters. The number of ether oxygens (including phenoxy) is 1. The van der Waals surface area contributed by atoms with Crippen LogP contribution in [-0.4, -0.2) is 32.6 Å². The molecule has 1 N–H and O–H groups in total. The molecule has 1 saturated heterocycles. The van der Waals surface area contributed by atoms with E-state index >= 15 is 0 Å². The van der Waals surface area contributed by atoms with Gasteiger partial charge < -0.3 is 10.1 Å². The molecule has 1 aliphatic rings. The standard InChI is InChI=1S/C15H20N2O3S/c1-12(17-11-15-3-2-10-21(15,18)19)13-4-6-14(7-5-13)20-9-8-16/h4-7,12,15,17H,2-3,9-11H2,1H3. The minimum absolute atomic E-state index is 0.0344. The molecule has 0 bridgehead atoms. The average Bonchev–Trinajstić information content (AvgIpc) is 2.82. The van der Waals surface area contributed by atoms with E-state index in [0.29, 0.717) is 18.0 Å². The highest BCUT2D eigenvalue weighted by atomic mass is 32.2. The van der Waals surface area contributed by atoms with Crippen molar-refractivity contribution < 1.29 is 13.2 Å². The minimum Gasteiger partial charge on any atom is -0.479 e. The van der Waals surface area contributed by atoms with Crippen LogP contribution in [0.3, 0.4) is 0 Å². The SMILES string of the molecule is CC(NCC1CCCS1(=O)=O)c1ccc(OCC#N)cc1. The van der Waals surface area contributed by atoms with E-state index in [-0.39, 0.29) is 17.9 Å². The molecule has 6 heteroatoms. The number of hydrogen-bond acceptors (Lipinski definition) is 5. The van der Waals surface area contributed by atoms with Gasteiger partial charge in [0.05, 0.1) is 11.0 Å². The van der Waals surface area contributed by atoms with Crippen LogP contribution in [0.1, 0.15) is 31.4 Å². The van der Waals surface area contributed by atoms with Crippen LogP contribution in [0.4, 0.5) is 0 Å². The van der Waals surface area contributed by atoms with Crippen LogP contribution in [0.2, 0.25) is 0 Å². The van der Waals surface area contributed by atoms with E-state index in [4.69, 9.17) is 10.00 Å². The third-order valence-electron chi connectivity index (χ3n) is 3.80. The molecular weight excluding hydrogens is 288 g/mol. The highest BCUT2D eigenvalue weighted by Crippen LogP contribution is 2.21. The second-order valence-electron chi connectivity index (χ2n) is 5.28. The lowest BCUT2D eigenvalue weighted by Crippen LogP contribution is -2.32. The summed E-state index contributed by atoms with van der Waals surface area (Å²) < 4.78 is 28.7. The Morgan fingerprint density at radius 1 is 1.43 bits per heavy atom. The van der Waals surface area contributed by atoms with E-state index in [9.17, 15) is 8.42 Å². The molecule has 1 heterocycles. The molecule has 21 heavy (non-hydrogen) atoms. The molecule has 5 nitrogen and oxygen atoms in total. The van der Waals surface area contributed by atoms with Crippen LogP contribution in [0.25, 0.3) is 0 Å². The molecule has 0 aromatic heterocycles. The molecule has 2 rings (SSSR count). The Balaban J connectivity index is 1.88. The second kappa shape index (κ2) is 6.92. The first-order valence-electron chi connectivity index (χ1n) is 7.07. The van der Waals surface area contributed by atoms with Gasteiger partial charge in [0.15, 0.2) is 16.4 Å². The fourth-order valence-corrected chi connectivity index (χ4v) is 4.26. The van der Waals surface area contributed by atoms with Crippen molar-refractivity contribution in [3.8, 4) is 11.8 Å². The Bertz CT molecular complexity index is 605. The molecule has 0 aliphatic carbocycles. The van der Waals surface area contributed by atoms with Crippen molar-refractivity contribution in [2.24, 2.45) is 0 Å². The van der Waals surface area contributed by atoms with Crippen molar-refractivity contribution in [1.29, 1.82) is 5.26 Å². The van der Waals surface area contributed by atoms with Crippen molar-refractivity contribution >= 4 is 9.84 Å². The smallest absolute Gasteiger partial charge is 0.174 e. The summed E-state index contributed by atoms with van der Waals surface area (Å²) in [5, 5.41) is 11.5. The first kappa shape index (κ1) is 15.8. The van der Waals surface area contributed by atoms with Gasteiger partial charge in [-0.15, -0.1) is 0 Å². The number of nitrogens with zero attached hydrogens (tertiary/aromatic N) is 1. The van der Waals surface area contributed by atoms with Crippen LogP contribution >= 0.6 is 0 Å². The maximum absolute atomic E-state index is 11.8. The van der Waals surface area contributed by atoms with Gasteiger partial charge in [0.2, 0.25) is 0 Å². The highest BCUT2D eigenvalue weighted by molar-refractivity contribution is 7.92. The van der Waals surface area contributed by atoms with Crippen LogP contribution < -0.4 is 10.1 Å². The van der Waals surface area contributed by atoms with Gasteiger partial charge in [-0.2, -0.15) is 5.26 Å². The molecule has 0 spiro atoms. The molecule has 1 aromatic rings. The summed E-state index contributed by atoms with van der Waals surface area (Å²) in [5.41, 5.74) is 1.06. The van der Waals surface area contributed by atoms with Crippen LogP contribution in [0.5, 0.6) is 5.75 Å². The normalized spacial score (nSPS) is 21.6. The molecule has 0 amide bonds. The summed E-state index contributed by atoms with van der Waals surface area (Å²) >= 11 is 0. The molecule has 1 aliphatic heterocycles. The third kappa shape index (κ3) is 4.19. The monoisotopic (exact) mass is 308 g/mol. The van der Waals surface area contributed by atoms with Crippen molar-refractivity contribution in [1.82, 2.24) is 5.32 Å². The largest absolute Gasteiger partial charge is 0.479 e. The Morgan fingerprint density at radius 3 is 2.71 bits per heavy atom. The van der Waals surface area contributed by atoms with Gasteiger partial charge in [-0.05, 0) is 37.5 Å². The Hall–Kier alpha value is -1.58. The summed E-state index contributed by atoms with van der Waals surface area (Å²) in [6.07, 6.45) is 1.52. The molecule has 0 radical (unpaired) electrons. The molecule has 2 unspecified atom stereocenters. The van der Waals surface area contributed by atoms with E-state index in [2.05, 4.69) is 5.32 Å². The van der Waals surface area contributed by atoms with E-state index in [1.165, 1.54) is 0 Å². The zero-order valence-electron chi connectivity index (χ0n) is 12.1. The summed E-state index contributed by atoms with van der Waals surface area (Å²) in [4.78, 5) is 0. The van der Waals surface area contributed by atoms with E-state index in [0.717, 1.165) is 18.4 Å². The number of nitriles is 1. The second-order valence-corrected chi connectivity index (χ2v) is 7.68. The topological polar surface area (TPSA) is 79.2 Å². The van der Waals surface area contributed by atoms with Crippen molar-refractivity contribution in [3.63, 3.8) is 0 Å². The maximum atomic E-state index is 11.8. The zero-order chi connectivity index (χ0) is 15.3. The molecular formula is C15H20N2O3S. The summed E-state index contributed by atoms with van der Waals surface area (Å²) in [6, 6.07) is 9.48. The lowest BCUT2D eigenvalue weighted by Gasteiger charge is -2.17. The highest BCUT2D eigenvalue weighted by Gasteiger charge is 2.31. The Morgan fingerprint density at radius 2 is 2.14 bits per heavy atom. The van der Waals surface area contributed by atoms with Crippen LogP contribution in [-0.2, 0) is 9.84 Å². The third-order valence-corrected chi connectivity index (χ3v) is 6.07. The lowest BCUT2D eigenvalue weighted by molar-refractivity contribution is 0.368. The molecule has 1 fully saturated rings. The first-order valence-corrected chi connectivity index (χ1v) is 8.79. The molecule has 1 aromatic carbocycles. The predicted molar refractivity (Wildman–Crippen MR) is 80.8 cm³/mol. The maximum Gasteiger partial charge on any atom is 0.174 e. The van der Waals surface area contributed by atoms with Crippen LogP contribution in [0.15, 0.2) is 24.3 Å². The van der Waals surface area contributed by atoms with Crippen molar-refractivity contribution in [2.45, 2.75) is 31.1 Å². The van der Waals surface area contributed by atoms with Gasteiger partial charge in [0, 0.05) is 12.6 Å². The number of benzene rings is 1. The van der Waals surface area contributed by atoms with Crippen LogP contribution in [0, 0.1) is 11.3 Å². The quantitative estimate of drug-likeness (QED) is 0.867. The molecule has 114 valence electrons. The fraction of sp³-hybridized carbons (Fsp3) is 0.533. The Kier molecular flexibility index (Phi) is 5.21. The van der Waals surface area contributed by atoms with Gasteiger partial charge in [-0.1, -0.05) is 12.1 Å². The fourth-order valence-electron chi connectivity index (χ4n) is 2.48. The zero-order valence-corrected chi connectivity index (χ0v) is 12.9. The van der Waals surface area contributed by atoms with E-state index in [1.54, 1.807) is 0 Å². The average molecular weight is 308 g/mol. The minimum atomic E-state index is -2.90. The predicted octanol–water partition coefficient (Wildman–Crippen LogP) is 1.82. The summed E-state index contributed by atoms with van der Waals surface area (Å²) in [6.45, 7) is 2.54. The summed E-state index contributed by atoms with van der Waals surface area (Å²) in [5.74, 6) is 0.976. The summed E-state index contributed by atoms with van der Waals surface area (Å²) in [7, 11) is -2.90. The Labute approximate surface area is 125 Å². The number of nitrogens with one attached hydrogen (secondary N) is 1. The van der Waals surface area contributed by atoms with Gasteiger partial charge >= 0.3 is 0 Å². The lowest BCUT2D eigenvalue weighted by atomic mass is 10.1. The van der Waals surface area contributed by atoms with Crippen molar-refractivity contribution in [3.05, 3.63) is 29.8 Å².